The highest BCUT2D eigenvalue weighted by molar-refractivity contribution is 7.89. The molecule has 118 valence electrons. The summed E-state index contributed by atoms with van der Waals surface area (Å²) >= 11 is 0. The summed E-state index contributed by atoms with van der Waals surface area (Å²) in [6.07, 6.45) is 3.10. The molecule has 2 fully saturated rings. The van der Waals surface area contributed by atoms with Crippen molar-refractivity contribution in [3.63, 3.8) is 0 Å². The van der Waals surface area contributed by atoms with E-state index < -0.39 is 10.0 Å². The number of aromatic nitrogens is 2. The van der Waals surface area contributed by atoms with E-state index in [0.29, 0.717) is 24.1 Å². The van der Waals surface area contributed by atoms with E-state index in [1.807, 2.05) is 0 Å². The van der Waals surface area contributed by atoms with Crippen LogP contribution < -0.4 is 5.32 Å². The topological polar surface area (TPSA) is 88.3 Å². The third-order valence-electron chi connectivity index (χ3n) is 4.83. The van der Waals surface area contributed by atoms with E-state index in [4.69, 9.17) is 0 Å². The molecule has 1 aromatic heterocycles. The first-order chi connectivity index (χ1) is 10.6. The Hall–Kier alpha value is -1.51. The Labute approximate surface area is 128 Å². The predicted molar refractivity (Wildman–Crippen MR) is 79.7 cm³/mol. The highest BCUT2D eigenvalue weighted by atomic mass is 32.2. The van der Waals surface area contributed by atoms with Gasteiger partial charge in [0.15, 0.2) is 5.52 Å². The fraction of sp³-hybridized carbons (Fsp3) is 0.571. The third-order valence-corrected chi connectivity index (χ3v) is 6.71. The summed E-state index contributed by atoms with van der Waals surface area (Å²) in [5.74, 6) is 0. The number of piperidine rings is 1. The van der Waals surface area contributed by atoms with Crippen molar-refractivity contribution in [1.82, 2.24) is 19.9 Å². The zero-order valence-electron chi connectivity index (χ0n) is 12.2. The van der Waals surface area contributed by atoms with Crippen LogP contribution in [0.15, 0.2) is 27.7 Å². The fourth-order valence-corrected chi connectivity index (χ4v) is 5.30. The maximum absolute atomic E-state index is 13.0. The van der Waals surface area contributed by atoms with Gasteiger partial charge >= 0.3 is 0 Å². The SMILES string of the molecule is O=S(=O)(c1cccc2nonc12)N1CC[C@@]2(CCCNC2)C1. The minimum atomic E-state index is -3.57. The van der Waals surface area contributed by atoms with E-state index in [1.165, 1.54) is 0 Å². The van der Waals surface area contributed by atoms with Gasteiger partial charge in [-0.2, -0.15) is 4.31 Å². The molecule has 1 atom stereocenters. The Morgan fingerprint density at radius 3 is 3.00 bits per heavy atom. The highest BCUT2D eigenvalue weighted by Crippen LogP contribution is 2.39. The molecular weight excluding hydrogens is 304 g/mol. The van der Waals surface area contributed by atoms with Crippen LogP contribution in [-0.4, -0.2) is 49.2 Å². The summed E-state index contributed by atoms with van der Waals surface area (Å²) in [7, 11) is -3.57. The summed E-state index contributed by atoms with van der Waals surface area (Å²) in [6.45, 7) is 3.06. The molecule has 4 rings (SSSR count). The summed E-state index contributed by atoms with van der Waals surface area (Å²) < 4.78 is 32.2. The zero-order chi connectivity index (χ0) is 15.2. The van der Waals surface area contributed by atoms with E-state index in [9.17, 15) is 8.42 Å². The van der Waals surface area contributed by atoms with Gasteiger partial charge in [-0.3, -0.25) is 0 Å². The molecule has 2 aromatic rings. The van der Waals surface area contributed by atoms with Gasteiger partial charge < -0.3 is 5.32 Å². The Kier molecular flexibility index (Phi) is 3.21. The molecule has 1 N–H and O–H groups in total. The first kappa shape index (κ1) is 14.1. The molecule has 2 aliphatic heterocycles. The lowest BCUT2D eigenvalue weighted by molar-refractivity contribution is 0.225. The van der Waals surface area contributed by atoms with Gasteiger partial charge in [0.25, 0.3) is 0 Å². The average molecular weight is 322 g/mol. The van der Waals surface area contributed by atoms with Crippen molar-refractivity contribution in [1.29, 1.82) is 0 Å². The maximum Gasteiger partial charge on any atom is 0.245 e. The first-order valence-electron chi connectivity index (χ1n) is 7.53. The predicted octanol–water partition coefficient (Wildman–Crippen LogP) is 0.987. The monoisotopic (exact) mass is 322 g/mol. The largest absolute Gasteiger partial charge is 0.316 e. The third kappa shape index (κ3) is 2.13. The second-order valence-corrected chi connectivity index (χ2v) is 8.16. The van der Waals surface area contributed by atoms with Crippen molar-refractivity contribution in [2.75, 3.05) is 26.2 Å². The van der Waals surface area contributed by atoms with Crippen LogP contribution in [0.2, 0.25) is 0 Å². The van der Waals surface area contributed by atoms with Crippen LogP contribution in [0.3, 0.4) is 0 Å². The number of nitrogens with one attached hydrogen (secondary N) is 1. The number of fused-ring (bicyclic) bond motifs is 1. The van der Waals surface area contributed by atoms with Crippen LogP contribution in [0, 0.1) is 5.41 Å². The van der Waals surface area contributed by atoms with Crippen LogP contribution in [0.4, 0.5) is 0 Å². The van der Waals surface area contributed by atoms with Gasteiger partial charge in [0, 0.05) is 19.6 Å². The molecule has 22 heavy (non-hydrogen) atoms. The van der Waals surface area contributed by atoms with E-state index in [-0.39, 0.29) is 10.3 Å². The minimum Gasteiger partial charge on any atom is -0.316 e. The number of hydrogen-bond acceptors (Lipinski definition) is 6. The number of sulfonamides is 1. The van der Waals surface area contributed by atoms with Gasteiger partial charge in [0.05, 0.1) is 0 Å². The van der Waals surface area contributed by atoms with Crippen LogP contribution >= 0.6 is 0 Å². The minimum absolute atomic E-state index is 0.0846. The standard InChI is InChI=1S/C14H18N4O3S/c19-22(20,12-4-1-3-11-13(12)17-21-16-11)18-8-6-14(10-18)5-2-7-15-9-14/h1,3-4,15H,2,5-10H2/t14-/m1/s1. The van der Waals surface area contributed by atoms with E-state index in [0.717, 1.165) is 32.4 Å². The van der Waals surface area contributed by atoms with E-state index in [2.05, 4.69) is 20.3 Å². The Morgan fingerprint density at radius 1 is 1.27 bits per heavy atom. The number of benzene rings is 1. The summed E-state index contributed by atoms with van der Waals surface area (Å²) in [4.78, 5) is 0.187. The normalized spacial score (nSPS) is 26.9. The molecule has 0 radical (unpaired) electrons. The molecule has 2 saturated heterocycles. The number of nitrogens with zero attached hydrogens (tertiary/aromatic N) is 3. The molecule has 0 unspecified atom stereocenters. The lowest BCUT2D eigenvalue weighted by Gasteiger charge is -2.33. The molecule has 0 amide bonds. The second-order valence-electron chi connectivity index (χ2n) is 6.26. The molecule has 8 heteroatoms. The van der Waals surface area contributed by atoms with Crippen molar-refractivity contribution >= 4 is 21.1 Å². The van der Waals surface area contributed by atoms with Crippen LogP contribution in [0.25, 0.3) is 11.0 Å². The lowest BCUT2D eigenvalue weighted by Crippen LogP contribution is -2.42. The van der Waals surface area contributed by atoms with Crippen LogP contribution in [0.5, 0.6) is 0 Å². The average Bonchev–Trinajstić information content (AvgIpc) is 3.15. The molecular formula is C14H18N4O3S. The smallest absolute Gasteiger partial charge is 0.245 e. The number of hydrogen-bond donors (Lipinski definition) is 1. The van der Waals surface area contributed by atoms with Gasteiger partial charge in [-0.25, -0.2) is 13.0 Å². The van der Waals surface area contributed by atoms with Crippen molar-refractivity contribution in [2.24, 2.45) is 5.41 Å². The highest BCUT2D eigenvalue weighted by Gasteiger charge is 2.44. The van der Waals surface area contributed by atoms with Crippen molar-refractivity contribution < 1.29 is 13.0 Å². The Balaban J connectivity index is 1.68. The molecule has 0 saturated carbocycles. The fourth-order valence-electron chi connectivity index (χ4n) is 3.61. The summed E-state index contributed by atoms with van der Waals surface area (Å²) in [6, 6.07) is 4.95. The molecule has 7 nitrogen and oxygen atoms in total. The van der Waals surface area contributed by atoms with Crippen LogP contribution in [-0.2, 0) is 10.0 Å². The molecule has 1 spiro atoms. The first-order valence-corrected chi connectivity index (χ1v) is 8.97. The molecule has 0 aliphatic carbocycles. The molecule has 2 aliphatic rings. The van der Waals surface area contributed by atoms with Gasteiger partial charge in [0.2, 0.25) is 10.0 Å². The lowest BCUT2D eigenvalue weighted by atomic mass is 9.80. The van der Waals surface area contributed by atoms with E-state index >= 15 is 0 Å². The number of rotatable bonds is 2. The van der Waals surface area contributed by atoms with Crippen molar-refractivity contribution in [3.8, 4) is 0 Å². The van der Waals surface area contributed by atoms with E-state index in [1.54, 1.807) is 22.5 Å². The zero-order valence-corrected chi connectivity index (χ0v) is 13.0. The van der Waals surface area contributed by atoms with Crippen LogP contribution in [0.1, 0.15) is 19.3 Å². The quantitative estimate of drug-likeness (QED) is 0.887. The van der Waals surface area contributed by atoms with Crippen molar-refractivity contribution in [3.05, 3.63) is 18.2 Å². The Bertz CT molecular complexity index is 795. The second kappa shape index (κ2) is 5.00. The molecule has 0 bridgehead atoms. The van der Waals surface area contributed by atoms with Gasteiger partial charge in [-0.1, -0.05) is 6.07 Å². The summed E-state index contributed by atoms with van der Waals surface area (Å²) in [5, 5.41) is 10.9. The Morgan fingerprint density at radius 2 is 2.18 bits per heavy atom. The van der Waals surface area contributed by atoms with Crippen molar-refractivity contribution in [2.45, 2.75) is 24.2 Å². The molecule has 1 aromatic carbocycles. The van der Waals surface area contributed by atoms with Gasteiger partial charge in [-0.05, 0) is 53.7 Å². The van der Waals surface area contributed by atoms with Gasteiger partial charge in [0.1, 0.15) is 10.4 Å². The maximum atomic E-state index is 13.0. The van der Waals surface area contributed by atoms with Gasteiger partial charge in [-0.15, -0.1) is 0 Å². The summed E-state index contributed by atoms with van der Waals surface area (Å²) in [5.41, 5.74) is 0.862. The molecule has 3 heterocycles.